The average molecular weight is 522 g/mol. The second-order valence-corrected chi connectivity index (χ2v) is 11.0. The van der Waals surface area contributed by atoms with Gasteiger partial charge in [0.1, 0.15) is 12.6 Å². The quantitative estimate of drug-likeness (QED) is 0.296. The zero-order valence-electron chi connectivity index (χ0n) is 20.9. The number of nitrogens with zero attached hydrogens (tertiary/aromatic N) is 3. The molecule has 1 aromatic heterocycles. The van der Waals surface area contributed by atoms with Crippen LogP contribution in [0.15, 0.2) is 97.2 Å². The number of anilines is 1. The third-order valence-electron chi connectivity index (χ3n) is 8.09. The highest BCUT2D eigenvalue weighted by atomic mass is 35.5. The first-order valence-corrected chi connectivity index (χ1v) is 13.7. The van der Waals surface area contributed by atoms with Gasteiger partial charge in [-0.3, -0.25) is 14.5 Å². The number of hydrogen-bond donors (Lipinski definition) is 0. The van der Waals surface area contributed by atoms with E-state index in [2.05, 4.69) is 22.8 Å². The van der Waals surface area contributed by atoms with Gasteiger partial charge in [0.05, 0.1) is 17.1 Å². The molecular weight excluding hydrogens is 494 g/mol. The maximum absolute atomic E-state index is 14.3. The predicted octanol–water partition coefficient (Wildman–Crippen LogP) is 6.36. The number of halogens is 1. The van der Waals surface area contributed by atoms with Crippen LogP contribution in [0.3, 0.4) is 0 Å². The van der Waals surface area contributed by atoms with Crippen molar-refractivity contribution in [2.45, 2.75) is 37.3 Å². The molecule has 2 aliphatic carbocycles. The number of carbonyl (C=O) groups excluding carboxylic acids is 2. The maximum Gasteiger partial charge on any atom is 0.247 e. The lowest BCUT2D eigenvalue weighted by Crippen LogP contribution is -2.47. The van der Waals surface area contributed by atoms with E-state index in [0.29, 0.717) is 5.02 Å². The maximum atomic E-state index is 14.3. The van der Waals surface area contributed by atoms with Gasteiger partial charge < -0.3 is 9.47 Å². The minimum atomic E-state index is -0.321. The third-order valence-corrected chi connectivity index (χ3v) is 8.34. The lowest BCUT2D eigenvalue weighted by molar-refractivity contribution is -0.137. The Bertz CT molecular complexity index is 1510. The van der Waals surface area contributed by atoms with Gasteiger partial charge in [-0.2, -0.15) is 0 Å². The molecule has 0 bridgehead atoms. The SMILES string of the molecule is O=C(C1CC1c1ccccc1)N(CC(=O)N1c2ccccc2-n2cccc2C1c1ccc(Cl)cc1)C1CC1. The number of carbonyl (C=O) groups is 2. The molecule has 6 heteroatoms. The van der Waals surface area contributed by atoms with E-state index in [4.69, 9.17) is 11.6 Å². The highest BCUT2D eigenvalue weighted by molar-refractivity contribution is 6.30. The van der Waals surface area contributed by atoms with E-state index in [1.54, 1.807) is 0 Å². The van der Waals surface area contributed by atoms with Crippen LogP contribution < -0.4 is 4.90 Å². The van der Waals surface area contributed by atoms with Gasteiger partial charge in [0.25, 0.3) is 0 Å². The number of aromatic nitrogens is 1. The first-order valence-electron chi connectivity index (χ1n) is 13.3. The topological polar surface area (TPSA) is 45.6 Å². The Morgan fingerprint density at radius 1 is 0.816 bits per heavy atom. The molecule has 7 rings (SSSR count). The summed E-state index contributed by atoms with van der Waals surface area (Å²) in [6.07, 6.45) is 4.81. The van der Waals surface area contributed by atoms with Crippen molar-refractivity contribution in [1.29, 1.82) is 0 Å². The van der Waals surface area contributed by atoms with E-state index in [1.165, 1.54) is 5.56 Å². The Kier molecular flexibility index (Phi) is 5.62. The van der Waals surface area contributed by atoms with Crippen molar-refractivity contribution < 1.29 is 9.59 Å². The van der Waals surface area contributed by atoms with E-state index >= 15 is 0 Å². The van der Waals surface area contributed by atoms with Crippen LogP contribution in [0.1, 0.15) is 48.0 Å². The molecule has 3 unspecified atom stereocenters. The summed E-state index contributed by atoms with van der Waals surface area (Å²) < 4.78 is 2.15. The van der Waals surface area contributed by atoms with E-state index in [9.17, 15) is 9.59 Å². The molecule has 3 atom stereocenters. The van der Waals surface area contributed by atoms with Crippen molar-refractivity contribution in [2.75, 3.05) is 11.4 Å². The number of para-hydroxylation sites is 2. The van der Waals surface area contributed by atoms with Crippen molar-refractivity contribution in [2.24, 2.45) is 5.92 Å². The predicted molar refractivity (Wildman–Crippen MR) is 149 cm³/mol. The molecule has 2 amide bonds. The smallest absolute Gasteiger partial charge is 0.247 e. The molecule has 0 spiro atoms. The highest BCUT2D eigenvalue weighted by Gasteiger charge is 2.49. The molecule has 2 heterocycles. The summed E-state index contributed by atoms with van der Waals surface area (Å²) in [6.45, 7) is 0.0840. The number of amides is 2. The summed E-state index contributed by atoms with van der Waals surface area (Å²) >= 11 is 6.22. The molecule has 3 aromatic carbocycles. The van der Waals surface area contributed by atoms with Gasteiger partial charge in [-0.05, 0) is 72.7 Å². The van der Waals surface area contributed by atoms with Gasteiger partial charge in [-0.1, -0.05) is 66.2 Å². The fourth-order valence-corrected chi connectivity index (χ4v) is 6.09. The zero-order chi connectivity index (χ0) is 25.8. The van der Waals surface area contributed by atoms with Crippen LogP contribution in [0.5, 0.6) is 0 Å². The molecule has 1 aliphatic heterocycles. The fraction of sp³-hybridized carbons (Fsp3) is 0.250. The van der Waals surface area contributed by atoms with Crippen LogP contribution in [0.4, 0.5) is 5.69 Å². The summed E-state index contributed by atoms with van der Waals surface area (Å²) in [4.78, 5) is 31.8. The molecule has 190 valence electrons. The van der Waals surface area contributed by atoms with Gasteiger partial charge in [0.2, 0.25) is 11.8 Å². The van der Waals surface area contributed by atoms with Crippen molar-refractivity contribution in [3.05, 3.63) is 119 Å². The summed E-state index contributed by atoms with van der Waals surface area (Å²) in [5.74, 6) is 0.262. The van der Waals surface area contributed by atoms with Crippen molar-refractivity contribution in [3.8, 4) is 5.69 Å². The Morgan fingerprint density at radius 2 is 1.53 bits per heavy atom. The number of rotatable bonds is 6. The molecule has 0 saturated heterocycles. The number of benzene rings is 3. The van der Waals surface area contributed by atoms with Crippen molar-refractivity contribution >= 4 is 29.1 Å². The Balaban J connectivity index is 1.22. The summed E-state index contributed by atoms with van der Waals surface area (Å²) in [6, 6.07) is 29.8. The molecule has 0 radical (unpaired) electrons. The van der Waals surface area contributed by atoms with Gasteiger partial charge in [-0.25, -0.2) is 0 Å². The van der Waals surface area contributed by atoms with Crippen molar-refractivity contribution in [3.63, 3.8) is 0 Å². The van der Waals surface area contributed by atoms with Gasteiger partial charge in [0.15, 0.2) is 0 Å². The standard InChI is InChI=1S/C32H28ClN3O2/c33-23-14-12-22(13-15-23)31-29-11-6-18-34(29)27-9-4-5-10-28(27)36(31)30(37)20-35(24-16-17-24)32(38)26-19-25(26)21-7-2-1-3-8-21/h1-15,18,24-26,31H,16-17,19-20H2. The average Bonchev–Trinajstić information content (AvgIpc) is 3.88. The van der Waals surface area contributed by atoms with Crippen LogP contribution in [0.2, 0.25) is 5.02 Å². The zero-order valence-corrected chi connectivity index (χ0v) is 21.7. The van der Waals surface area contributed by atoms with E-state index in [-0.39, 0.29) is 42.3 Å². The molecule has 38 heavy (non-hydrogen) atoms. The molecule has 2 saturated carbocycles. The molecule has 5 nitrogen and oxygen atoms in total. The van der Waals surface area contributed by atoms with Crippen LogP contribution in [-0.2, 0) is 9.59 Å². The monoisotopic (exact) mass is 521 g/mol. The first-order chi connectivity index (χ1) is 18.6. The second kappa shape index (κ2) is 9.17. The lowest BCUT2D eigenvalue weighted by Gasteiger charge is -2.39. The minimum absolute atomic E-state index is 0.0382. The van der Waals surface area contributed by atoms with E-state index < -0.39 is 0 Å². The second-order valence-electron chi connectivity index (χ2n) is 10.6. The van der Waals surface area contributed by atoms with Crippen LogP contribution in [0.25, 0.3) is 5.69 Å². The van der Waals surface area contributed by atoms with Gasteiger partial charge >= 0.3 is 0 Å². The van der Waals surface area contributed by atoms with E-state index in [1.807, 2.05) is 88.8 Å². The largest absolute Gasteiger partial charge is 0.330 e. The van der Waals surface area contributed by atoms with Crippen LogP contribution in [0, 0.1) is 5.92 Å². The lowest BCUT2D eigenvalue weighted by atomic mass is 9.97. The Labute approximate surface area is 227 Å². The highest BCUT2D eigenvalue weighted by Crippen LogP contribution is 2.50. The number of hydrogen-bond acceptors (Lipinski definition) is 2. The number of fused-ring (bicyclic) bond motifs is 3. The van der Waals surface area contributed by atoms with Crippen LogP contribution >= 0.6 is 11.6 Å². The third kappa shape index (κ3) is 4.02. The molecule has 3 aliphatic rings. The molecular formula is C32H28ClN3O2. The molecule has 4 aromatic rings. The van der Waals surface area contributed by atoms with Gasteiger partial charge in [-0.15, -0.1) is 0 Å². The fourth-order valence-electron chi connectivity index (χ4n) is 5.97. The van der Waals surface area contributed by atoms with Gasteiger partial charge in [0, 0.05) is 23.2 Å². The Morgan fingerprint density at radius 3 is 2.26 bits per heavy atom. The first kappa shape index (κ1) is 23.3. The molecule has 2 fully saturated rings. The summed E-state index contributed by atoms with van der Waals surface area (Å²) in [5.41, 5.74) is 5.00. The summed E-state index contributed by atoms with van der Waals surface area (Å²) in [7, 11) is 0. The summed E-state index contributed by atoms with van der Waals surface area (Å²) in [5, 5.41) is 0.654. The minimum Gasteiger partial charge on any atom is -0.330 e. The van der Waals surface area contributed by atoms with E-state index in [0.717, 1.165) is 41.9 Å². The normalized spacial score (nSPS) is 21.4. The van der Waals surface area contributed by atoms with Crippen LogP contribution in [-0.4, -0.2) is 33.9 Å². The Hall–Kier alpha value is -3.83. The van der Waals surface area contributed by atoms with Crippen molar-refractivity contribution in [1.82, 2.24) is 9.47 Å². The molecule has 0 N–H and O–H groups in total.